The minimum absolute atomic E-state index is 0.0815. The van der Waals surface area contributed by atoms with Gasteiger partial charge in [-0.15, -0.1) is 11.3 Å². The average Bonchev–Trinajstić information content (AvgIpc) is 2.93. The standard InChI is InChI=1S/C11H14BrN3O2S2/c1-2-19(16,17)6-5-15-7-8(13)11(14-15)9-3-4-10(12)18-9/h3-4,7H,2,5-6,13H2,1H3. The molecule has 0 spiro atoms. The molecule has 0 saturated heterocycles. The fraction of sp³-hybridized carbons (Fsp3) is 0.364. The maximum Gasteiger partial charge on any atom is 0.151 e. The number of aryl methyl sites for hydroxylation is 1. The first kappa shape index (κ1) is 14.5. The van der Waals surface area contributed by atoms with E-state index in [0.29, 0.717) is 17.9 Å². The normalized spacial score (nSPS) is 11.9. The van der Waals surface area contributed by atoms with Gasteiger partial charge in [-0.05, 0) is 28.1 Å². The summed E-state index contributed by atoms with van der Waals surface area (Å²) in [7, 11) is -2.99. The molecule has 5 nitrogen and oxygen atoms in total. The zero-order chi connectivity index (χ0) is 14.0. The molecule has 104 valence electrons. The van der Waals surface area contributed by atoms with E-state index in [4.69, 9.17) is 5.73 Å². The van der Waals surface area contributed by atoms with E-state index in [-0.39, 0.29) is 11.5 Å². The Morgan fingerprint density at radius 2 is 2.21 bits per heavy atom. The molecule has 2 aromatic heterocycles. The largest absolute Gasteiger partial charge is 0.396 e. The van der Waals surface area contributed by atoms with E-state index in [2.05, 4.69) is 21.0 Å². The molecule has 0 aliphatic rings. The van der Waals surface area contributed by atoms with Crippen LogP contribution in [0.3, 0.4) is 0 Å². The minimum atomic E-state index is -2.99. The number of halogens is 1. The molecular formula is C11H14BrN3O2S2. The fourth-order valence-electron chi connectivity index (χ4n) is 1.56. The van der Waals surface area contributed by atoms with Crippen molar-refractivity contribution in [2.75, 3.05) is 17.2 Å². The number of aromatic nitrogens is 2. The van der Waals surface area contributed by atoms with E-state index in [9.17, 15) is 8.42 Å². The molecule has 0 aliphatic heterocycles. The number of thiophene rings is 1. The highest BCUT2D eigenvalue weighted by Crippen LogP contribution is 2.33. The van der Waals surface area contributed by atoms with E-state index in [0.717, 1.165) is 8.66 Å². The van der Waals surface area contributed by atoms with E-state index < -0.39 is 9.84 Å². The Morgan fingerprint density at radius 3 is 2.79 bits per heavy atom. The van der Waals surface area contributed by atoms with Gasteiger partial charge in [-0.3, -0.25) is 4.68 Å². The number of hydrogen-bond acceptors (Lipinski definition) is 5. The molecule has 0 aromatic carbocycles. The number of nitrogens with zero attached hydrogens (tertiary/aromatic N) is 2. The number of nitrogen functional groups attached to an aromatic ring is 1. The Kier molecular flexibility index (Phi) is 4.32. The molecule has 2 N–H and O–H groups in total. The summed E-state index contributed by atoms with van der Waals surface area (Å²) in [4.78, 5) is 0.960. The molecule has 0 bridgehead atoms. The summed E-state index contributed by atoms with van der Waals surface area (Å²) >= 11 is 4.93. The highest BCUT2D eigenvalue weighted by Gasteiger charge is 2.13. The van der Waals surface area contributed by atoms with Gasteiger partial charge >= 0.3 is 0 Å². The van der Waals surface area contributed by atoms with Crippen LogP contribution in [-0.4, -0.2) is 29.7 Å². The van der Waals surface area contributed by atoms with Gasteiger partial charge in [-0.25, -0.2) is 8.42 Å². The third-order valence-corrected chi connectivity index (χ3v) is 5.98. The van der Waals surface area contributed by atoms with Crippen LogP contribution in [0.1, 0.15) is 6.92 Å². The van der Waals surface area contributed by atoms with Crippen molar-refractivity contribution >= 4 is 42.8 Å². The van der Waals surface area contributed by atoms with E-state index >= 15 is 0 Å². The molecule has 2 heterocycles. The van der Waals surface area contributed by atoms with Gasteiger partial charge < -0.3 is 5.73 Å². The van der Waals surface area contributed by atoms with Crippen LogP contribution in [0.4, 0.5) is 5.69 Å². The van der Waals surface area contributed by atoms with E-state index in [1.54, 1.807) is 17.8 Å². The second kappa shape index (κ2) is 5.64. The van der Waals surface area contributed by atoms with Crippen LogP contribution >= 0.6 is 27.3 Å². The monoisotopic (exact) mass is 363 g/mol. The molecule has 0 aliphatic carbocycles. The number of anilines is 1. The molecule has 0 amide bonds. The molecule has 0 unspecified atom stereocenters. The number of rotatable bonds is 5. The average molecular weight is 364 g/mol. The van der Waals surface area contributed by atoms with Gasteiger partial charge in [-0.1, -0.05) is 6.92 Å². The molecular weight excluding hydrogens is 350 g/mol. The van der Waals surface area contributed by atoms with Crippen molar-refractivity contribution in [2.24, 2.45) is 0 Å². The Labute approximate surface area is 124 Å². The molecule has 2 aromatic rings. The Morgan fingerprint density at radius 1 is 1.47 bits per heavy atom. The second-order valence-corrected chi connectivity index (χ2v) is 8.97. The molecule has 8 heteroatoms. The quantitative estimate of drug-likeness (QED) is 0.884. The van der Waals surface area contributed by atoms with Crippen LogP contribution in [-0.2, 0) is 16.4 Å². The first-order valence-corrected chi connectivity index (χ1v) is 9.13. The van der Waals surface area contributed by atoms with Crippen LogP contribution < -0.4 is 5.73 Å². The summed E-state index contributed by atoms with van der Waals surface area (Å²) in [5.74, 6) is 0.229. The van der Waals surface area contributed by atoms with Crippen molar-refractivity contribution < 1.29 is 8.42 Å². The molecule has 0 atom stereocenters. The zero-order valence-electron chi connectivity index (χ0n) is 10.3. The van der Waals surface area contributed by atoms with Crippen LogP contribution in [0.25, 0.3) is 10.6 Å². The third-order valence-electron chi connectivity index (χ3n) is 2.67. The van der Waals surface area contributed by atoms with Crippen LogP contribution in [0, 0.1) is 0 Å². The molecule has 0 saturated carbocycles. The first-order chi connectivity index (χ1) is 8.91. The van der Waals surface area contributed by atoms with Crippen molar-refractivity contribution in [1.29, 1.82) is 0 Å². The third kappa shape index (κ3) is 3.58. The fourth-order valence-corrected chi connectivity index (χ4v) is 3.71. The van der Waals surface area contributed by atoms with Gasteiger partial charge in [0, 0.05) is 11.9 Å². The van der Waals surface area contributed by atoms with Crippen molar-refractivity contribution in [3.63, 3.8) is 0 Å². The predicted molar refractivity (Wildman–Crippen MR) is 82.0 cm³/mol. The number of sulfone groups is 1. The van der Waals surface area contributed by atoms with Gasteiger partial charge in [-0.2, -0.15) is 5.10 Å². The first-order valence-electron chi connectivity index (χ1n) is 5.70. The van der Waals surface area contributed by atoms with Gasteiger partial charge in [0.1, 0.15) is 5.69 Å². The molecule has 2 rings (SSSR count). The molecule has 19 heavy (non-hydrogen) atoms. The molecule has 0 fully saturated rings. The number of nitrogens with two attached hydrogens (primary N) is 1. The van der Waals surface area contributed by atoms with E-state index in [1.807, 2.05) is 12.1 Å². The van der Waals surface area contributed by atoms with Gasteiger partial charge in [0.05, 0.1) is 26.6 Å². The lowest BCUT2D eigenvalue weighted by molar-refractivity contribution is 0.582. The molecule has 0 radical (unpaired) electrons. The Balaban J connectivity index is 2.18. The lowest BCUT2D eigenvalue weighted by Crippen LogP contribution is -2.14. The predicted octanol–water partition coefficient (Wildman–Crippen LogP) is 2.39. The highest BCUT2D eigenvalue weighted by atomic mass is 79.9. The lowest BCUT2D eigenvalue weighted by Gasteiger charge is -2.01. The zero-order valence-corrected chi connectivity index (χ0v) is 13.6. The van der Waals surface area contributed by atoms with Crippen molar-refractivity contribution in [3.05, 3.63) is 22.1 Å². The maximum atomic E-state index is 11.5. The van der Waals surface area contributed by atoms with Gasteiger partial charge in [0.15, 0.2) is 9.84 Å². The Bertz CT molecular complexity index is 676. The summed E-state index contributed by atoms with van der Waals surface area (Å²) in [6, 6.07) is 3.86. The number of hydrogen-bond donors (Lipinski definition) is 1. The Hall–Kier alpha value is -0.860. The smallest absolute Gasteiger partial charge is 0.151 e. The highest BCUT2D eigenvalue weighted by molar-refractivity contribution is 9.11. The summed E-state index contributed by atoms with van der Waals surface area (Å²) < 4.78 is 25.5. The van der Waals surface area contributed by atoms with Crippen LogP contribution in [0.5, 0.6) is 0 Å². The second-order valence-electron chi connectivity index (χ2n) is 4.04. The summed E-state index contributed by atoms with van der Waals surface area (Å²) in [5.41, 5.74) is 7.17. The maximum absolute atomic E-state index is 11.5. The van der Waals surface area contributed by atoms with Crippen molar-refractivity contribution in [2.45, 2.75) is 13.5 Å². The summed E-state index contributed by atoms with van der Waals surface area (Å²) in [6.45, 7) is 1.97. The summed E-state index contributed by atoms with van der Waals surface area (Å²) in [6.07, 6.45) is 1.67. The SMILES string of the molecule is CCS(=O)(=O)CCn1cc(N)c(-c2ccc(Br)s2)n1. The van der Waals surface area contributed by atoms with E-state index in [1.165, 1.54) is 11.3 Å². The van der Waals surface area contributed by atoms with Crippen LogP contribution in [0.15, 0.2) is 22.1 Å². The topological polar surface area (TPSA) is 78.0 Å². The van der Waals surface area contributed by atoms with Gasteiger partial charge in [0.25, 0.3) is 0 Å². The summed E-state index contributed by atoms with van der Waals surface area (Å²) in [5, 5.41) is 4.35. The van der Waals surface area contributed by atoms with Crippen molar-refractivity contribution in [1.82, 2.24) is 9.78 Å². The van der Waals surface area contributed by atoms with Gasteiger partial charge in [0.2, 0.25) is 0 Å². The lowest BCUT2D eigenvalue weighted by atomic mass is 10.3. The van der Waals surface area contributed by atoms with Crippen molar-refractivity contribution in [3.8, 4) is 10.6 Å². The van der Waals surface area contributed by atoms with Crippen LogP contribution in [0.2, 0.25) is 0 Å². The minimum Gasteiger partial charge on any atom is -0.396 e.